The molecule has 9 heteroatoms. The lowest BCUT2D eigenvalue weighted by Gasteiger charge is -2.26. The number of fused-ring (bicyclic) bond motifs is 1. The lowest BCUT2D eigenvalue weighted by atomic mass is 10.2. The maximum atomic E-state index is 12.9. The largest absolute Gasteiger partial charge is 0.494 e. The zero-order valence-electron chi connectivity index (χ0n) is 17.5. The third kappa shape index (κ3) is 4.47. The zero-order valence-corrected chi connectivity index (χ0v) is 17.5. The zero-order chi connectivity index (χ0) is 20.9. The molecule has 1 fully saturated rings. The molecule has 0 spiro atoms. The Balaban J connectivity index is 1.50. The fourth-order valence-electron chi connectivity index (χ4n) is 3.74. The number of amides is 1. The lowest BCUT2D eigenvalue weighted by molar-refractivity contribution is 0.0361. The predicted molar refractivity (Wildman–Crippen MR) is 113 cm³/mol. The quantitative estimate of drug-likeness (QED) is 0.596. The number of aryl methyl sites for hydroxylation is 1. The van der Waals surface area contributed by atoms with Crippen LogP contribution < -0.4 is 10.1 Å². The van der Waals surface area contributed by atoms with Gasteiger partial charge < -0.3 is 19.4 Å². The monoisotopic (exact) mass is 412 g/mol. The van der Waals surface area contributed by atoms with E-state index in [1.54, 1.807) is 13.4 Å². The van der Waals surface area contributed by atoms with Crippen LogP contribution in [0, 0.1) is 0 Å². The predicted octanol–water partition coefficient (Wildman–Crippen LogP) is 1.08. The molecule has 2 aromatic heterocycles. The third-order valence-corrected chi connectivity index (χ3v) is 5.32. The highest BCUT2D eigenvalue weighted by atomic mass is 16.5. The number of nitrogens with one attached hydrogen (secondary N) is 1. The Bertz CT molecular complexity index is 1010. The summed E-state index contributed by atoms with van der Waals surface area (Å²) >= 11 is 0. The number of ether oxygens (including phenoxy) is 2. The van der Waals surface area contributed by atoms with Crippen LogP contribution in [-0.2, 0) is 24.8 Å². The Labute approximate surface area is 175 Å². The molecular formula is C21H28N6O3. The van der Waals surface area contributed by atoms with Gasteiger partial charge in [0.1, 0.15) is 11.3 Å². The highest BCUT2D eigenvalue weighted by Crippen LogP contribution is 2.28. The van der Waals surface area contributed by atoms with Gasteiger partial charge in [0.15, 0.2) is 5.69 Å². The minimum Gasteiger partial charge on any atom is -0.494 e. The van der Waals surface area contributed by atoms with Gasteiger partial charge >= 0.3 is 0 Å². The van der Waals surface area contributed by atoms with E-state index in [9.17, 15) is 4.79 Å². The molecule has 1 aliphatic heterocycles. The molecule has 4 rings (SSSR count). The van der Waals surface area contributed by atoms with E-state index in [0.717, 1.165) is 55.2 Å². The van der Waals surface area contributed by atoms with Crippen LogP contribution in [0.15, 0.2) is 30.7 Å². The molecular weight excluding hydrogens is 384 g/mol. The standard InChI is InChI=1S/C21H28N6O3/c1-25-14-16(23-15-25)6-7-22-21(28)19-17-4-3-5-18(29-2)20(17)27(24-19)9-8-26-10-12-30-13-11-26/h3-5,14-15H,6-13H2,1-2H3,(H,22,28). The molecule has 3 heterocycles. The first-order chi connectivity index (χ1) is 14.7. The third-order valence-electron chi connectivity index (χ3n) is 5.32. The van der Waals surface area contributed by atoms with Gasteiger partial charge in [-0.05, 0) is 6.07 Å². The second-order valence-corrected chi connectivity index (χ2v) is 7.42. The summed E-state index contributed by atoms with van der Waals surface area (Å²) in [5, 5.41) is 8.43. The number of hydrogen-bond donors (Lipinski definition) is 1. The highest BCUT2D eigenvalue weighted by Gasteiger charge is 2.20. The number of aromatic nitrogens is 4. The first-order valence-electron chi connectivity index (χ1n) is 10.2. The van der Waals surface area contributed by atoms with E-state index < -0.39 is 0 Å². The first-order valence-corrected chi connectivity index (χ1v) is 10.2. The molecule has 1 aromatic carbocycles. The van der Waals surface area contributed by atoms with Crippen molar-refractivity contribution in [1.29, 1.82) is 0 Å². The molecule has 1 aliphatic rings. The van der Waals surface area contributed by atoms with E-state index in [4.69, 9.17) is 9.47 Å². The average molecular weight is 412 g/mol. The molecule has 0 atom stereocenters. The van der Waals surface area contributed by atoms with E-state index >= 15 is 0 Å². The van der Waals surface area contributed by atoms with Crippen LogP contribution in [0.4, 0.5) is 0 Å². The van der Waals surface area contributed by atoms with Crippen LogP contribution in [0.1, 0.15) is 16.2 Å². The number of carbonyl (C=O) groups is 1. The summed E-state index contributed by atoms with van der Waals surface area (Å²) in [6, 6.07) is 5.71. The van der Waals surface area contributed by atoms with Crippen molar-refractivity contribution in [3.05, 3.63) is 42.1 Å². The molecule has 9 nitrogen and oxygen atoms in total. The number of benzene rings is 1. The molecule has 0 aliphatic carbocycles. The Morgan fingerprint density at radius 2 is 2.10 bits per heavy atom. The minimum atomic E-state index is -0.186. The number of imidazole rings is 1. The van der Waals surface area contributed by atoms with Crippen molar-refractivity contribution in [3.8, 4) is 5.75 Å². The molecule has 160 valence electrons. The van der Waals surface area contributed by atoms with Gasteiger partial charge in [0.05, 0.1) is 38.9 Å². The first kappa shape index (κ1) is 20.4. The number of nitrogens with zero attached hydrogens (tertiary/aromatic N) is 5. The van der Waals surface area contributed by atoms with Crippen molar-refractivity contribution in [1.82, 2.24) is 29.5 Å². The number of carbonyl (C=O) groups excluding carboxylic acids is 1. The SMILES string of the molecule is COc1cccc2c(C(=O)NCCc3cn(C)cn3)nn(CCN3CCOCC3)c12. The van der Waals surface area contributed by atoms with Gasteiger partial charge in [0, 0.05) is 51.2 Å². The van der Waals surface area contributed by atoms with Crippen LogP contribution in [0.2, 0.25) is 0 Å². The Morgan fingerprint density at radius 3 is 2.83 bits per heavy atom. The van der Waals surface area contributed by atoms with Crippen LogP contribution in [0.25, 0.3) is 10.9 Å². The van der Waals surface area contributed by atoms with Crippen LogP contribution in [-0.4, -0.2) is 76.6 Å². The van der Waals surface area contributed by atoms with E-state index in [0.29, 0.717) is 25.2 Å². The fraction of sp³-hybridized carbons (Fsp3) is 0.476. The summed E-state index contributed by atoms with van der Waals surface area (Å²) in [4.78, 5) is 19.5. The van der Waals surface area contributed by atoms with Gasteiger partial charge in [0.25, 0.3) is 5.91 Å². The Kier molecular flexibility index (Phi) is 6.29. The van der Waals surface area contributed by atoms with Crippen molar-refractivity contribution < 1.29 is 14.3 Å². The molecule has 30 heavy (non-hydrogen) atoms. The van der Waals surface area contributed by atoms with Gasteiger partial charge in [0.2, 0.25) is 0 Å². The van der Waals surface area contributed by atoms with Crippen LogP contribution in [0.5, 0.6) is 5.75 Å². The summed E-state index contributed by atoms with van der Waals surface area (Å²) in [5.74, 6) is 0.531. The average Bonchev–Trinajstić information content (AvgIpc) is 3.36. The Morgan fingerprint density at radius 1 is 1.27 bits per heavy atom. The molecule has 0 unspecified atom stereocenters. The molecule has 1 N–H and O–H groups in total. The molecule has 0 saturated carbocycles. The number of hydrogen-bond acceptors (Lipinski definition) is 6. The molecule has 1 amide bonds. The second-order valence-electron chi connectivity index (χ2n) is 7.42. The van der Waals surface area contributed by atoms with E-state index in [-0.39, 0.29) is 5.91 Å². The van der Waals surface area contributed by atoms with Crippen molar-refractivity contribution >= 4 is 16.8 Å². The summed E-state index contributed by atoms with van der Waals surface area (Å²) in [6.07, 6.45) is 4.38. The lowest BCUT2D eigenvalue weighted by Crippen LogP contribution is -2.38. The number of rotatable bonds is 8. The number of morpholine rings is 1. The summed E-state index contributed by atoms with van der Waals surface area (Å²) in [6.45, 7) is 5.37. The van der Waals surface area contributed by atoms with E-state index in [1.165, 1.54) is 0 Å². The number of para-hydroxylation sites is 1. The van der Waals surface area contributed by atoms with E-state index in [1.807, 2.05) is 40.7 Å². The second kappa shape index (κ2) is 9.27. The van der Waals surface area contributed by atoms with Crippen LogP contribution >= 0.6 is 0 Å². The molecule has 3 aromatic rings. The van der Waals surface area contributed by atoms with Gasteiger partial charge in [-0.15, -0.1) is 0 Å². The molecule has 0 bridgehead atoms. The highest BCUT2D eigenvalue weighted by molar-refractivity contribution is 6.06. The fourth-order valence-corrected chi connectivity index (χ4v) is 3.74. The van der Waals surface area contributed by atoms with Crippen molar-refractivity contribution in [2.45, 2.75) is 13.0 Å². The topological polar surface area (TPSA) is 86.4 Å². The summed E-state index contributed by atoms with van der Waals surface area (Å²) in [5.41, 5.74) is 2.22. The van der Waals surface area contributed by atoms with Crippen LogP contribution in [0.3, 0.4) is 0 Å². The normalized spacial score (nSPS) is 14.9. The van der Waals surface area contributed by atoms with Gasteiger partial charge in [-0.1, -0.05) is 12.1 Å². The van der Waals surface area contributed by atoms with Gasteiger partial charge in [-0.3, -0.25) is 14.4 Å². The Hall–Kier alpha value is -2.91. The maximum absolute atomic E-state index is 12.9. The van der Waals surface area contributed by atoms with E-state index in [2.05, 4.69) is 20.3 Å². The smallest absolute Gasteiger partial charge is 0.272 e. The molecule has 1 saturated heterocycles. The summed E-state index contributed by atoms with van der Waals surface area (Å²) < 4.78 is 14.8. The van der Waals surface area contributed by atoms with Gasteiger partial charge in [-0.25, -0.2) is 4.98 Å². The maximum Gasteiger partial charge on any atom is 0.272 e. The molecule has 0 radical (unpaired) electrons. The van der Waals surface area contributed by atoms with Crippen molar-refractivity contribution in [2.24, 2.45) is 7.05 Å². The number of methoxy groups -OCH3 is 1. The van der Waals surface area contributed by atoms with Crippen molar-refractivity contribution in [3.63, 3.8) is 0 Å². The minimum absolute atomic E-state index is 0.186. The summed E-state index contributed by atoms with van der Waals surface area (Å²) in [7, 11) is 3.57. The van der Waals surface area contributed by atoms with Crippen molar-refractivity contribution in [2.75, 3.05) is 46.5 Å². The van der Waals surface area contributed by atoms with Gasteiger partial charge in [-0.2, -0.15) is 5.10 Å².